The van der Waals surface area contributed by atoms with E-state index in [1.807, 2.05) is 18.4 Å². The number of methoxy groups -OCH3 is 2. The summed E-state index contributed by atoms with van der Waals surface area (Å²) >= 11 is 1.44. The van der Waals surface area contributed by atoms with Gasteiger partial charge in [0.05, 0.1) is 20.4 Å². The Bertz CT molecular complexity index is 546. The average Bonchev–Trinajstić information content (AvgIpc) is 2.48. The van der Waals surface area contributed by atoms with E-state index >= 15 is 0 Å². The number of aromatic nitrogens is 2. The first kappa shape index (κ1) is 13.5. The van der Waals surface area contributed by atoms with E-state index in [4.69, 9.17) is 14.2 Å². The molecule has 2 rings (SSSR count). The first-order valence-corrected chi connectivity index (χ1v) is 6.76. The van der Waals surface area contributed by atoms with Crippen LogP contribution in [0.2, 0.25) is 0 Å². The van der Waals surface area contributed by atoms with Crippen LogP contribution in [0.5, 0.6) is 23.1 Å². The van der Waals surface area contributed by atoms with Gasteiger partial charge in [-0.15, -0.1) is 0 Å². The van der Waals surface area contributed by atoms with E-state index in [2.05, 4.69) is 9.97 Å². The largest absolute Gasteiger partial charge is 0.497 e. The van der Waals surface area contributed by atoms with Gasteiger partial charge in [0.15, 0.2) is 10.9 Å². The van der Waals surface area contributed by atoms with Crippen LogP contribution in [0.4, 0.5) is 0 Å². The minimum Gasteiger partial charge on any atom is -0.497 e. The molecule has 100 valence electrons. The number of thioether (sulfide) groups is 1. The fourth-order valence-corrected chi connectivity index (χ4v) is 1.74. The summed E-state index contributed by atoms with van der Waals surface area (Å²) in [6, 6.07) is 7.25. The molecule has 2 aromatic rings. The Balaban J connectivity index is 2.25. The SMILES string of the molecule is COc1ccc(Oc2nc(SC)ncc2OC)cc1. The van der Waals surface area contributed by atoms with Crippen molar-refractivity contribution < 1.29 is 14.2 Å². The maximum atomic E-state index is 5.70. The molecule has 0 aliphatic heterocycles. The molecule has 0 fully saturated rings. The van der Waals surface area contributed by atoms with E-state index in [0.29, 0.717) is 22.5 Å². The van der Waals surface area contributed by atoms with Gasteiger partial charge in [0.1, 0.15) is 11.5 Å². The van der Waals surface area contributed by atoms with Gasteiger partial charge < -0.3 is 14.2 Å². The van der Waals surface area contributed by atoms with Crippen molar-refractivity contribution >= 4 is 11.8 Å². The lowest BCUT2D eigenvalue weighted by atomic mass is 10.3. The molecule has 0 radical (unpaired) electrons. The lowest BCUT2D eigenvalue weighted by Gasteiger charge is -2.09. The highest BCUT2D eigenvalue weighted by molar-refractivity contribution is 7.98. The highest BCUT2D eigenvalue weighted by Crippen LogP contribution is 2.30. The van der Waals surface area contributed by atoms with Crippen molar-refractivity contribution in [3.05, 3.63) is 30.5 Å². The zero-order valence-corrected chi connectivity index (χ0v) is 11.7. The van der Waals surface area contributed by atoms with Crippen molar-refractivity contribution in [1.29, 1.82) is 0 Å². The highest BCUT2D eigenvalue weighted by atomic mass is 32.2. The molecule has 0 saturated heterocycles. The Morgan fingerprint density at radius 1 is 1.00 bits per heavy atom. The van der Waals surface area contributed by atoms with Gasteiger partial charge in [-0.3, -0.25) is 0 Å². The Labute approximate surface area is 115 Å². The van der Waals surface area contributed by atoms with E-state index in [0.717, 1.165) is 5.75 Å². The normalized spacial score (nSPS) is 10.1. The first-order valence-electron chi connectivity index (χ1n) is 5.53. The zero-order chi connectivity index (χ0) is 13.7. The molecule has 0 bridgehead atoms. The van der Waals surface area contributed by atoms with Crippen LogP contribution in [-0.4, -0.2) is 30.4 Å². The molecule has 19 heavy (non-hydrogen) atoms. The maximum Gasteiger partial charge on any atom is 0.266 e. The minimum absolute atomic E-state index is 0.395. The predicted octanol–water partition coefficient (Wildman–Crippen LogP) is 3.01. The second-order valence-electron chi connectivity index (χ2n) is 3.51. The van der Waals surface area contributed by atoms with Gasteiger partial charge in [0.2, 0.25) is 0 Å². The molecule has 1 aromatic carbocycles. The lowest BCUT2D eigenvalue weighted by molar-refractivity contribution is 0.362. The summed E-state index contributed by atoms with van der Waals surface area (Å²) in [5.74, 6) is 2.32. The van der Waals surface area contributed by atoms with Crippen LogP contribution in [0.3, 0.4) is 0 Å². The summed E-state index contributed by atoms with van der Waals surface area (Å²) in [6.45, 7) is 0. The molecule has 0 aliphatic carbocycles. The van der Waals surface area contributed by atoms with Gasteiger partial charge in [-0.1, -0.05) is 11.8 Å². The van der Waals surface area contributed by atoms with Gasteiger partial charge >= 0.3 is 0 Å². The summed E-state index contributed by atoms with van der Waals surface area (Å²) in [7, 11) is 3.17. The van der Waals surface area contributed by atoms with Crippen LogP contribution in [0.1, 0.15) is 0 Å². The monoisotopic (exact) mass is 278 g/mol. The van der Waals surface area contributed by atoms with Crippen LogP contribution >= 0.6 is 11.8 Å². The average molecular weight is 278 g/mol. The summed E-state index contributed by atoms with van der Waals surface area (Å²) in [6.07, 6.45) is 3.50. The molecule has 0 aliphatic rings. The third-order valence-corrected chi connectivity index (χ3v) is 2.94. The van der Waals surface area contributed by atoms with Gasteiger partial charge in [-0.25, -0.2) is 4.98 Å². The lowest BCUT2D eigenvalue weighted by Crippen LogP contribution is -1.96. The summed E-state index contributed by atoms with van der Waals surface area (Å²) in [5, 5.41) is 0.629. The van der Waals surface area contributed by atoms with E-state index in [9.17, 15) is 0 Å². The second-order valence-corrected chi connectivity index (χ2v) is 4.28. The van der Waals surface area contributed by atoms with E-state index < -0.39 is 0 Å². The van der Waals surface area contributed by atoms with Crippen LogP contribution in [0, 0.1) is 0 Å². The van der Waals surface area contributed by atoms with Crippen LogP contribution in [-0.2, 0) is 0 Å². The molecule has 0 unspecified atom stereocenters. The molecular formula is C13H14N2O3S. The summed E-state index contributed by atoms with van der Waals surface area (Å²) in [4.78, 5) is 8.40. The number of nitrogens with zero attached hydrogens (tertiary/aromatic N) is 2. The van der Waals surface area contributed by atoms with Crippen molar-refractivity contribution in [2.45, 2.75) is 5.16 Å². The molecule has 0 N–H and O–H groups in total. The number of benzene rings is 1. The molecular weight excluding hydrogens is 264 g/mol. The maximum absolute atomic E-state index is 5.70. The van der Waals surface area contributed by atoms with Gasteiger partial charge in [0.25, 0.3) is 5.88 Å². The number of rotatable bonds is 5. The molecule has 1 aromatic heterocycles. The third kappa shape index (κ3) is 3.29. The smallest absolute Gasteiger partial charge is 0.266 e. The van der Waals surface area contributed by atoms with E-state index in [1.165, 1.54) is 11.8 Å². The molecule has 0 saturated carbocycles. The molecule has 5 nitrogen and oxygen atoms in total. The van der Waals surface area contributed by atoms with E-state index in [1.54, 1.807) is 32.5 Å². The third-order valence-electron chi connectivity index (χ3n) is 2.38. The predicted molar refractivity (Wildman–Crippen MR) is 73.4 cm³/mol. The van der Waals surface area contributed by atoms with Crippen LogP contribution < -0.4 is 14.2 Å². The molecule has 0 amide bonds. The summed E-state index contributed by atoms with van der Waals surface area (Å²) < 4.78 is 16.0. The molecule has 6 heteroatoms. The van der Waals surface area contributed by atoms with Crippen molar-refractivity contribution in [2.75, 3.05) is 20.5 Å². The molecule has 0 atom stereocenters. The standard InChI is InChI=1S/C13H14N2O3S/c1-16-9-4-6-10(7-5-9)18-12-11(17-2)8-14-13(15-12)19-3/h4-8H,1-3H3. The topological polar surface area (TPSA) is 53.5 Å². The molecule has 0 spiro atoms. The van der Waals surface area contributed by atoms with Crippen molar-refractivity contribution in [1.82, 2.24) is 9.97 Å². The molecule has 1 heterocycles. The quantitative estimate of drug-likeness (QED) is 0.619. The van der Waals surface area contributed by atoms with Crippen LogP contribution in [0.15, 0.2) is 35.6 Å². The number of hydrogen-bond donors (Lipinski definition) is 0. The van der Waals surface area contributed by atoms with Gasteiger partial charge in [-0.2, -0.15) is 4.98 Å². The van der Waals surface area contributed by atoms with Crippen molar-refractivity contribution in [3.8, 4) is 23.1 Å². The van der Waals surface area contributed by atoms with E-state index in [-0.39, 0.29) is 0 Å². The van der Waals surface area contributed by atoms with Gasteiger partial charge in [0, 0.05) is 0 Å². The number of hydrogen-bond acceptors (Lipinski definition) is 6. The fraction of sp³-hybridized carbons (Fsp3) is 0.231. The van der Waals surface area contributed by atoms with Crippen LogP contribution in [0.25, 0.3) is 0 Å². The minimum atomic E-state index is 0.395. The Kier molecular flexibility index (Phi) is 4.46. The fourth-order valence-electron chi connectivity index (χ4n) is 1.41. The zero-order valence-electron chi connectivity index (χ0n) is 10.9. The van der Waals surface area contributed by atoms with Crippen molar-refractivity contribution in [3.63, 3.8) is 0 Å². The highest BCUT2D eigenvalue weighted by Gasteiger charge is 2.10. The van der Waals surface area contributed by atoms with Crippen molar-refractivity contribution in [2.24, 2.45) is 0 Å². The Morgan fingerprint density at radius 3 is 2.26 bits per heavy atom. The first-order chi connectivity index (χ1) is 9.26. The second kappa shape index (κ2) is 6.29. The summed E-state index contributed by atoms with van der Waals surface area (Å²) in [5.41, 5.74) is 0. The number of ether oxygens (including phenoxy) is 3. The Hall–Kier alpha value is -1.95. The Morgan fingerprint density at radius 2 is 1.68 bits per heavy atom. The van der Waals surface area contributed by atoms with Gasteiger partial charge in [-0.05, 0) is 30.5 Å².